The molecule has 0 spiro atoms. The largest absolute Gasteiger partial charge is 0.444 e. The van der Waals surface area contributed by atoms with E-state index in [0.717, 1.165) is 68.2 Å². The van der Waals surface area contributed by atoms with Gasteiger partial charge in [0.05, 0.1) is 18.8 Å². The number of piperidine rings is 1. The maximum Gasteiger partial charge on any atom is 0.410 e. The minimum absolute atomic E-state index is 0.182. The standard InChI is InChI=1S/C26H41N7O3/c1-16(2)21-14-27-33-22(21)29-23(31-11-7-8-20(31)15-35-6)30-24(33)28-17-12-18-9-10-19(13-17)32(18)25(34)36-26(3,4)5/h14,16-20H,7-13,15H2,1-6H3,(H,28,29,30)/t17?,18?,19?,20-/m0/s1. The van der Waals surface area contributed by atoms with Gasteiger partial charge < -0.3 is 24.6 Å². The third-order valence-corrected chi connectivity index (χ3v) is 7.67. The summed E-state index contributed by atoms with van der Waals surface area (Å²) in [6.45, 7) is 11.7. The molecule has 1 N–H and O–H groups in total. The van der Waals surface area contributed by atoms with E-state index in [1.807, 2.05) is 36.4 Å². The molecule has 0 saturated carbocycles. The molecule has 3 fully saturated rings. The summed E-state index contributed by atoms with van der Waals surface area (Å²) in [5.74, 6) is 1.76. The lowest BCUT2D eigenvalue weighted by atomic mass is 9.98. The number of nitrogens with one attached hydrogen (secondary N) is 1. The van der Waals surface area contributed by atoms with Crippen LogP contribution in [0.4, 0.5) is 16.7 Å². The second-order valence-electron chi connectivity index (χ2n) is 11.9. The van der Waals surface area contributed by atoms with Crippen LogP contribution in [0.3, 0.4) is 0 Å². The van der Waals surface area contributed by atoms with Gasteiger partial charge in [0.2, 0.25) is 11.9 Å². The van der Waals surface area contributed by atoms with Crippen LogP contribution in [0.5, 0.6) is 0 Å². The number of nitrogens with zero attached hydrogens (tertiary/aromatic N) is 6. The number of ether oxygens (including phenoxy) is 2. The molecule has 2 aromatic rings. The van der Waals surface area contributed by atoms with E-state index in [2.05, 4.69) is 29.2 Å². The Morgan fingerprint density at radius 2 is 1.89 bits per heavy atom. The molecule has 198 valence electrons. The zero-order valence-electron chi connectivity index (χ0n) is 22.5. The lowest BCUT2D eigenvalue weighted by Gasteiger charge is -2.39. The van der Waals surface area contributed by atoms with Crippen molar-refractivity contribution in [3.05, 3.63) is 11.8 Å². The van der Waals surface area contributed by atoms with Crippen LogP contribution in [0.25, 0.3) is 5.65 Å². The van der Waals surface area contributed by atoms with Crippen molar-refractivity contribution in [3.8, 4) is 0 Å². The monoisotopic (exact) mass is 499 g/mol. The van der Waals surface area contributed by atoms with E-state index in [1.54, 1.807) is 7.11 Å². The van der Waals surface area contributed by atoms with Crippen molar-refractivity contribution in [2.75, 3.05) is 30.5 Å². The van der Waals surface area contributed by atoms with Crippen LogP contribution in [0.2, 0.25) is 0 Å². The number of carbonyl (C=O) groups excluding carboxylic acids is 1. The molecule has 10 nitrogen and oxygen atoms in total. The molecule has 2 unspecified atom stereocenters. The number of amides is 1. The first-order valence-corrected chi connectivity index (χ1v) is 13.4. The second-order valence-corrected chi connectivity index (χ2v) is 11.9. The molecule has 36 heavy (non-hydrogen) atoms. The number of carbonyl (C=O) groups is 1. The molecule has 3 atom stereocenters. The average molecular weight is 500 g/mol. The SMILES string of the molecule is COC[C@@H]1CCCN1c1nc(NC2CC3CCC(C2)N3C(=O)OC(C)(C)C)n2ncc(C(C)C)c2n1. The second kappa shape index (κ2) is 9.68. The molecule has 0 aliphatic carbocycles. The minimum Gasteiger partial charge on any atom is -0.444 e. The smallest absolute Gasteiger partial charge is 0.410 e. The van der Waals surface area contributed by atoms with Crippen LogP contribution < -0.4 is 10.2 Å². The highest BCUT2D eigenvalue weighted by atomic mass is 16.6. The number of anilines is 2. The summed E-state index contributed by atoms with van der Waals surface area (Å²) in [5, 5.41) is 8.38. The highest BCUT2D eigenvalue weighted by Gasteiger charge is 2.45. The Bertz CT molecular complexity index is 1080. The molecule has 0 radical (unpaired) electrons. The van der Waals surface area contributed by atoms with Gasteiger partial charge in [-0.2, -0.15) is 19.6 Å². The topological polar surface area (TPSA) is 97.1 Å². The van der Waals surface area contributed by atoms with E-state index < -0.39 is 5.60 Å². The maximum atomic E-state index is 12.9. The molecule has 2 aromatic heterocycles. The summed E-state index contributed by atoms with van der Waals surface area (Å²) < 4.78 is 13.0. The fourth-order valence-electron chi connectivity index (χ4n) is 6.07. The van der Waals surface area contributed by atoms with Crippen LogP contribution in [-0.2, 0) is 9.47 Å². The van der Waals surface area contributed by atoms with Crippen molar-refractivity contribution in [2.24, 2.45) is 0 Å². The highest BCUT2D eigenvalue weighted by molar-refractivity contribution is 5.70. The maximum absolute atomic E-state index is 12.9. The summed E-state index contributed by atoms with van der Waals surface area (Å²) >= 11 is 0. The zero-order valence-corrected chi connectivity index (χ0v) is 22.5. The van der Waals surface area contributed by atoms with Crippen LogP contribution in [-0.4, -0.2) is 80.6 Å². The Morgan fingerprint density at radius 3 is 2.53 bits per heavy atom. The summed E-state index contributed by atoms with van der Waals surface area (Å²) in [6.07, 6.45) is 7.66. The van der Waals surface area contributed by atoms with Gasteiger partial charge in [-0.05, 0) is 65.2 Å². The zero-order chi connectivity index (χ0) is 25.6. The first-order chi connectivity index (χ1) is 17.1. The number of hydrogen-bond donors (Lipinski definition) is 1. The van der Waals surface area contributed by atoms with Gasteiger partial charge in [0.15, 0.2) is 5.65 Å². The average Bonchev–Trinajstić information content (AvgIpc) is 3.49. The first kappa shape index (κ1) is 25.0. The lowest BCUT2D eigenvalue weighted by molar-refractivity contribution is 0.00681. The van der Waals surface area contributed by atoms with Crippen molar-refractivity contribution in [1.29, 1.82) is 0 Å². The van der Waals surface area contributed by atoms with Crippen molar-refractivity contribution in [1.82, 2.24) is 24.5 Å². The Labute approximate surface area is 213 Å². The summed E-state index contributed by atoms with van der Waals surface area (Å²) in [6, 6.07) is 0.846. The van der Waals surface area contributed by atoms with Crippen molar-refractivity contribution in [2.45, 2.75) is 109 Å². The summed E-state index contributed by atoms with van der Waals surface area (Å²) in [7, 11) is 1.75. The highest BCUT2D eigenvalue weighted by Crippen LogP contribution is 2.38. The van der Waals surface area contributed by atoms with E-state index in [4.69, 9.17) is 19.4 Å². The first-order valence-electron chi connectivity index (χ1n) is 13.4. The molecule has 5 heterocycles. The number of aromatic nitrogens is 4. The number of fused-ring (bicyclic) bond motifs is 3. The molecule has 0 aromatic carbocycles. The Hall–Kier alpha value is -2.62. The van der Waals surface area contributed by atoms with Crippen LogP contribution >= 0.6 is 0 Å². The van der Waals surface area contributed by atoms with E-state index in [0.29, 0.717) is 12.5 Å². The van der Waals surface area contributed by atoms with E-state index in [1.165, 1.54) is 0 Å². The van der Waals surface area contributed by atoms with Crippen LogP contribution in [0.1, 0.15) is 84.6 Å². The lowest BCUT2D eigenvalue weighted by Crippen LogP contribution is -2.51. The van der Waals surface area contributed by atoms with Crippen molar-refractivity contribution < 1.29 is 14.3 Å². The molecule has 3 aliphatic rings. The molecule has 2 bridgehead atoms. The Balaban J connectivity index is 1.41. The normalized spacial score (nSPS) is 26.3. The Morgan fingerprint density at radius 1 is 1.17 bits per heavy atom. The third kappa shape index (κ3) is 4.84. The van der Waals surface area contributed by atoms with Crippen molar-refractivity contribution in [3.63, 3.8) is 0 Å². The molecule has 5 rings (SSSR count). The van der Waals surface area contributed by atoms with E-state index >= 15 is 0 Å². The molecule has 10 heteroatoms. The van der Waals surface area contributed by atoms with Gasteiger partial charge in [0.1, 0.15) is 5.60 Å². The predicted molar refractivity (Wildman–Crippen MR) is 139 cm³/mol. The quantitative estimate of drug-likeness (QED) is 0.632. The fourth-order valence-corrected chi connectivity index (χ4v) is 6.07. The predicted octanol–water partition coefficient (Wildman–Crippen LogP) is 4.21. The van der Waals surface area contributed by atoms with E-state index in [9.17, 15) is 4.79 Å². The van der Waals surface area contributed by atoms with Crippen LogP contribution in [0, 0.1) is 0 Å². The number of hydrogen-bond acceptors (Lipinski definition) is 8. The van der Waals surface area contributed by atoms with Crippen molar-refractivity contribution >= 4 is 23.6 Å². The molecule has 1 amide bonds. The van der Waals surface area contributed by atoms with Crippen LogP contribution in [0.15, 0.2) is 6.20 Å². The Kier molecular flexibility index (Phi) is 6.74. The fraction of sp³-hybridized carbons (Fsp3) is 0.769. The summed E-state index contributed by atoms with van der Waals surface area (Å²) in [4.78, 5) is 27.1. The van der Waals surface area contributed by atoms with Gasteiger partial charge in [0.25, 0.3) is 0 Å². The molecule has 3 aliphatic heterocycles. The third-order valence-electron chi connectivity index (χ3n) is 7.67. The number of rotatable bonds is 6. The molecular formula is C26H41N7O3. The van der Waals surface area contributed by atoms with Gasteiger partial charge in [0, 0.05) is 37.3 Å². The van der Waals surface area contributed by atoms with Gasteiger partial charge in [-0.15, -0.1) is 0 Å². The van der Waals surface area contributed by atoms with E-state index in [-0.39, 0.29) is 30.3 Å². The number of methoxy groups -OCH3 is 1. The van der Waals surface area contributed by atoms with Gasteiger partial charge >= 0.3 is 6.09 Å². The van der Waals surface area contributed by atoms with Gasteiger partial charge in [-0.1, -0.05) is 13.8 Å². The summed E-state index contributed by atoms with van der Waals surface area (Å²) in [5.41, 5.74) is 1.48. The molecule has 3 saturated heterocycles. The van der Waals surface area contributed by atoms with Gasteiger partial charge in [-0.3, -0.25) is 0 Å². The minimum atomic E-state index is -0.487. The van der Waals surface area contributed by atoms with Gasteiger partial charge in [-0.25, -0.2) is 4.79 Å². The molecular weight excluding hydrogens is 458 g/mol.